The van der Waals surface area contributed by atoms with Gasteiger partial charge in [-0.25, -0.2) is 0 Å². The molecular formula is C16H19NO2S. The van der Waals surface area contributed by atoms with Crippen LogP contribution >= 0.6 is 11.8 Å². The minimum Gasteiger partial charge on any atom is -0.384 e. The number of hydrogen-bond acceptors (Lipinski definition) is 3. The highest BCUT2D eigenvalue weighted by molar-refractivity contribution is 7.99. The molecule has 1 saturated heterocycles. The van der Waals surface area contributed by atoms with Crippen LogP contribution in [0.1, 0.15) is 28.8 Å². The molecule has 1 aromatic rings. The smallest absolute Gasteiger partial charge is 0.251 e. The Balaban J connectivity index is 1.91. The molecule has 106 valence electrons. The highest BCUT2D eigenvalue weighted by Crippen LogP contribution is 2.21. The highest BCUT2D eigenvalue weighted by Gasteiger charge is 2.15. The molecule has 0 spiro atoms. The Morgan fingerprint density at radius 3 is 2.95 bits per heavy atom. The van der Waals surface area contributed by atoms with Gasteiger partial charge in [-0.05, 0) is 48.5 Å². The van der Waals surface area contributed by atoms with Crippen LogP contribution in [0.15, 0.2) is 24.3 Å². The van der Waals surface area contributed by atoms with Gasteiger partial charge in [-0.3, -0.25) is 4.79 Å². The van der Waals surface area contributed by atoms with Crippen molar-refractivity contribution < 1.29 is 9.90 Å². The van der Waals surface area contributed by atoms with Gasteiger partial charge in [-0.1, -0.05) is 17.9 Å². The summed E-state index contributed by atoms with van der Waals surface area (Å²) >= 11 is 1.99. The fourth-order valence-corrected chi connectivity index (χ4v) is 3.37. The fourth-order valence-electron chi connectivity index (χ4n) is 2.17. The molecule has 20 heavy (non-hydrogen) atoms. The zero-order valence-electron chi connectivity index (χ0n) is 11.4. The fraction of sp³-hybridized carbons (Fsp3) is 0.438. The van der Waals surface area contributed by atoms with Gasteiger partial charge in [-0.15, -0.1) is 0 Å². The predicted octanol–water partition coefficient (Wildman–Crippen LogP) is 1.90. The number of rotatable bonds is 3. The van der Waals surface area contributed by atoms with E-state index in [-0.39, 0.29) is 12.5 Å². The van der Waals surface area contributed by atoms with Gasteiger partial charge in [0, 0.05) is 17.7 Å². The number of aliphatic hydroxyl groups is 1. The number of carbonyl (C=O) groups excluding carboxylic acids is 1. The second kappa shape index (κ2) is 7.98. The average Bonchev–Trinajstić information content (AvgIpc) is 2.52. The quantitative estimate of drug-likeness (QED) is 0.836. The Morgan fingerprint density at radius 2 is 2.20 bits per heavy atom. The van der Waals surface area contributed by atoms with Crippen LogP contribution in [-0.2, 0) is 0 Å². The molecule has 2 rings (SSSR count). The maximum Gasteiger partial charge on any atom is 0.251 e. The van der Waals surface area contributed by atoms with E-state index in [4.69, 9.17) is 5.11 Å². The van der Waals surface area contributed by atoms with E-state index in [1.807, 2.05) is 23.9 Å². The molecule has 4 heteroatoms. The molecule has 0 atom stereocenters. The first kappa shape index (κ1) is 15.0. The molecule has 1 amide bonds. The van der Waals surface area contributed by atoms with Crippen molar-refractivity contribution in [3.05, 3.63) is 35.4 Å². The van der Waals surface area contributed by atoms with Crippen LogP contribution in [0.4, 0.5) is 0 Å². The summed E-state index contributed by atoms with van der Waals surface area (Å²) in [6.07, 6.45) is 2.37. The van der Waals surface area contributed by atoms with Gasteiger partial charge < -0.3 is 10.4 Å². The Hall–Kier alpha value is -1.44. The van der Waals surface area contributed by atoms with Gasteiger partial charge in [-0.2, -0.15) is 11.8 Å². The molecule has 1 heterocycles. The van der Waals surface area contributed by atoms with E-state index in [0.717, 1.165) is 12.1 Å². The zero-order chi connectivity index (χ0) is 14.2. The van der Waals surface area contributed by atoms with Crippen LogP contribution in [0.2, 0.25) is 0 Å². The monoisotopic (exact) mass is 289 g/mol. The SMILES string of the molecule is O=C(NCC1CCSCC1)c1cccc(C#CCO)c1. The van der Waals surface area contributed by atoms with Crippen molar-refractivity contribution in [2.24, 2.45) is 5.92 Å². The third-order valence-electron chi connectivity index (χ3n) is 3.33. The summed E-state index contributed by atoms with van der Waals surface area (Å²) in [7, 11) is 0. The number of carbonyl (C=O) groups is 1. The van der Waals surface area contributed by atoms with E-state index in [0.29, 0.717) is 11.5 Å². The van der Waals surface area contributed by atoms with Crippen molar-refractivity contribution in [2.45, 2.75) is 12.8 Å². The van der Waals surface area contributed by atoms with Crippen molar-refractivity contribution in [3.63, 3.8) is 0 Å². The summed E-state index contributed by atoms with van der Waals surface area (Å²) in [5.74, 6) is 8.36. The van der Waals surface area contributed by atoms with Crippen molar-refractivity contribution in [3.8, 4) is 11.8 Å². The first-order valence-corrected chi connectivity index (χ1v) is 8.01. The summed E-state index contributed by atoms with van der Waals surface area (Å²) in [4.78, 5) is 12.1. The summed E-state index contributed by atoms with van der Waals surface area (Å²) < 4.78 is 0. The number of nitrogens with one attached hydrogen (secondary N) is 1. The van der Waals surface area contributed by atoms with Crippen molar-refractivity contribution in [2.75, 3.05) is 24.7 Å². The van der Waals surface area contributed by atoms with Crippen molar-refractivity contribution >= 4 is 17.7 Å². The lowest BCUT2D eigenvalue weighted by atomic mass is 10.0. The lowest BCUT2D eigenvalue weighted by Gasteiger charge is -2.21. The molecule has 0 saturated carbocycles. The number of aliphatic hydroxyl groups excluding tert-OH is 1. The normalized spacial score (nSPS) is 15.2. The van der Waals surface area contributed by atoms with Crippen molar-refractivity contribution in [1.29, 1.82) is 0 Å². The molecule has 0 aliphatic carbocycles. The van der Waals surface area contributed by atoms with Gasteiger partial charge in [0.1, 0.15) is 6.61 Å². The second-order valence-corrected chi connectivity index (χ2v) is 6.03. The van der Waals surface area contributed by atoms with Gasteiger partial charge in [0.25, 0.3) is 5.91 Å². The highest BCUT2D eigenvalue weighted by atomic mass is 32.2. The lowest BCUT2D eigenvalue weighted by molar-refractivity contribution is 0.0946. The Kier molecular flexibility index (Phi) is 5.97. The topological polar surface area (TPSA) is 49.3 Å². The number of hydrogen-bond donors (Lipinski definition) is 2. The molecule has 1 aromatic carbocycles. The van der Waals surface area contributed by atoms with Gasteiger partial charge in [0.15, 0.2) is 0 Å². The first-order chi connectivity index (χ1) is 9.79. The number of thioether (sulfide) groups is 1. The molecular weight excluding hydrogens is 270 g/mol. The van der Waals surface area contributed by atoms with Crippen LogP contribution < -0.4 is 5.32 Å². The minimum atomic E-state index is -0.171. The van der Waals surface area contributed by atoms with E-state index in [1.54, 1.807) is 12.1 Å². The first-order valence-electron chi connectivity index (χ1n) is 6.85. The standard InChI is InChI=1S/C16H19NO2S/c18-8-2-4-13-3-1-5-15(11-13)16(19)17-12-14-6-9-20-10-7-14/h1,3,5,11,14,18H,6-10,12H2,(H,17,19). The van der Waals surface area contributed by atoms with Gasteiger partial charge in [0.2, 0.25) is 0 Å². The third-order valence-corrected chi connectivity index (χ3v) is 4.38. The Bertz CT molecular complexity index is 513. The maximum absolute atomic E-state index is 12.1. The van der Waals surface area contributed by atoms with E-state index >= 15 is 0 Å². The molecule has 1 fully saturated rings. The van der Waals surface area contributed by atoms with E-state index in [9.17, 15) is 4.79 Å². The van der Waals surface area contributed by atoms with Crippen LogP contribution in [-0.4, -0.2) is 35.7 Å². The molecule has 0 bridgehead atoms. The van der Waals surface area contributed by atoms with E-state index in [2.05, 4.69) is 17.2 Å². The van der Waals surface area contributed by atoms with Crippen LogP contribution in [0.3, 0.4) is 0 Å². The van der Waals surface area contributed by atoms with E-state index < -0.39 is 0 Å². The van der Waals surface area contributed by atoms with E-state index in [1.165, 1.54) is 24.3 Å². The second-order valence-electron chi connectivity index (χ2n) is 4.81. The van der Waals surface area contributed by atoms with Crippen LogP contribution in [0.25, 0.3) is 0 Å². The number of amides is 1. The van der Waals surface area contributed by atoms with Gasteiger partial charge in [0.05, 0.1) is 0 Å². The summed E-state index contributed by atoms with van der Waals surface area (Å²) in [5, 5.41) is 11.7. The van der Waals surface area contributed by atoms with Gasteiger partial charge >= 0.3 is 0 Å². The molecule has 1 aliphatic heterocycles. The molecule has 3 nitrogen and oxygen atoms in total. The molecule has 1 aliphatic rings. The Morgan fingerprint density at radius 1 is 1.40 bits per heavy atom. The summed E-state index contributed by atoms with van der Waals surface area (Å²) in [6, 6.07) is 7.19. The Labute approximate surface area is 124 Å². The number of benzene rings is 1. The molecule has 2 N–H and O–H groups in total. The minimum absolute atomic E-state index is 0.0455. The largest absolute Gasteiger partial charge is 0.384 e. The van der Waals surface area contributed by atoms with Crippen LogP contribution in [0, 0.1) is 17.8 Å². The maximum atomic E-state index is 12.1. The van der Waals surface area contributed by atoms with Crippen LogP contribution in [0.5, 0.6) is 0 Å². The summed E-state index contributed by atoms with van der Waals surface area (Å²) in [5.41, 5.74) is 1.38. The van der Waals surface area contributed by atoms with Crippen molar-refractivity contribution in [1.82, 2.24) is 5.32 Å². The zero-order valence-corrected chi connectivity index (χ0v) is 12.2. The molecule has 0 aromatic heterocycles. The third kappa shape index (κ3) is 4.59. The lowest BCUT2D eigenvalue weighted by Crippen LogP contribution is -2.30. The molecule has 0 unspecified atom stereocenters. The summed E-state index contributed by atoms with van der Waals surface area (Å²) in [6.45, 7) is 0.585. The average molecular weight is 289 g/mol. The molecule has 0 radical (unpaired) electrons. The predicted molar refractivity (Wildman–Crippen MR) is 82.8 cm³/mol.